The maximum Gasteiger partial charge on any atom is 0.219 e. The summed E-state index contributed by atoms with van der Waals surface area (Å²) in [5, 5.41) is 0.589. The minimum Gasteiger partial charge on any atom is -0.494 e. The number of benzene rings is 1. The van der Waals surface area contributed by atoms with Gasteiger partial charge in [0.15, 0.2) is 0 Å². The molecule has 1 heterocycles. The van der Waals surface area contributed by atoms with Crippen molar-refractivity contribution < 1.29 is 9.47 Å². The number of rotatable bonds is 5. The Kier molecular flexibility index (Phi) is 4.42. The van der Waals surface area contributed by atoms with E-state index < -0.39 is 0 Å². The van der Waals surface area contributed by atoms with Crippen LogP contribution in [0.15, 0.2) is 42.6 Å². The fraction of sp³-hybridized carbons (Fsp3) is 0.214. The van der Waals surface area contributed by atoms with Gasteiger partial charge in [0, 0.05) is 12.3 Å². The van der Waals surface area contributed by atoms with Crippen LogP contribution in [0, 0.1) is 0 Å². The van der Waals surface area contributed by atoms with Gasteiger partial charge in [0.1, 0.15) is 11.5 Å². The van der Waals surface area contributed by atoms with E-state index in [0.717, 1.165) is 18.8 Å². The Bertz CT molecular complexity index is 482. The zero-order valence-electron chi connectivity index (χ0n) is 10.1. The van der Waals surface area contributed by atoms with Gasteiger partial charge in [-0.1, -0.05) is 18.5 Å². The average Bonchev–Trinajstić information content (AvgIpc) is 2.41. The molecular weight excluding hydrogens is 250 g/mol. The van der Waals surface area contributed by atoms with Gasteiger partial charge < -0.3 is 9.47 Å². The van der Waals surface area contributed by atoms with Crippen LogP contribution in [0.5, 0.6) is 17.4 Å². The van der Waals surface area contributed by atoms with Gasteiger partial charge in [0.05, 0.1) is 11.6 Å². The molecule has 3 nitrogen and oxygen atoms in total. The molecular formula is C14H14ClNO2. The molecule has 0 radical (unpaired) electrons. The summed E-state index contributed by atoms with van der Waals surface area (Å²) in [6.45, 7) is 2.79. The summed E-state index contributed by atoms with van der Waals surface area (Å²) in [6.07, 6.45) is 2.54. The Hall–Kier alpha value is -1.74. The second-order valence-electron chi connectivity index (χ2n) is 3.74. The topological polar surface area (TPSA) is 31.4 Å². The quantitative estimate of drug-likeness (QED) is 0.805. The highest BCUT2D eigenvalue weighted by atomic mass is 35.5. The molecule has 2 aromatic rings. The number of hydrogen-bond acceptors (Lipinski definition) is 3. The second kappa shape index (κ2) is 6.26. The molecule has 0 amide bonds. The van der Waals surface area contributed by atoms with Gasteiger partial charge >= 0.3 is 0 Å². The van der Waals surface area contributed by atoms with E-state index in [9.17, 15) is 0 Å². The van der Waals surface area contributed by atoms with Crippen molar-refractivity contribution >= 4 is 11.6 Å². The zero-order valence-corrected chi connectivity index (χ0v) is 10.9. The highest BCUT2D eigenvalue weighted by molar-refractivity contribution is 6.30. The molecule has 1 aromatic heterocycles. The highest BCUT2D eigenvalue weighted by Gasteiger charge is 1.99. The summed E-state index contributed by atoms with van der Waals surface area (Å²) >= 11 is 5.75. The van der Waals surface area contributed by atoms with Gasteiger partial charge in [0.25, 0.3) is 0 Å². The van der Waals surface area contributed by atoms with Crippen molar-refractivity contribution in [3.05, 3.63) is 47.6 Å². The molecule has 0 spiro atoms. The largest absolute Gasteiger partial charge is 0.494 e. The molecule has 0 saturated heterocycles. The van der Waals surface area contributed by atoms with Crippen molar-refractivity contribution in [2.75, 3.05) is 6.61 Å². The lowest BCUT2D eigenvalue weighted by Crippen LogP contribution is -1.94. The van der Waals surface area contributed by atoms with Gasteiger partial charge in [-0.3, -0.25) is 0 Å². The maximum absolute atomic E-state index is 5.75. The summed E-state index contributed by atoms with van der Waals surface area (Å²) in [5.74, 6) is 2.07. The SMILES string of the molecule is CCCOc1ccc(Oc2ccc(Cl)cn2)cc1. The predicted octanol–water partition coefficient (Wildman–Crippen LogP) is 4.32. The fourth-order valence-electron chi connectivity index (χ4n) is 1.37. The summed E-state index contributed by atoms with van der Waals surface area (Å²) < 4.78 is 11.1. The zero-order chi connectivity index (χ0) is 12.8. The third-order valence-electron chi connectivity index (χ3n) is 2.22. The molecule has 2 rings (SSSR count). The first-order valence-corrected chi connectivity index (χ1v) is 6.18. The monoisotopic (exact) mass is 263 g/mol. The van der Waals surface area contributed by atoms with Crippen LogP contribution in [-0.4, -0.2) is 11.6 Å². The van der Waals surface area contributed by atoms with Crippen molar-refractivity contribution in [1.82, 2.24) is 4.98 Å². The number of ether oxygens (including phenoxy) is 2. The van der Waals surface area contributed by atoms with Crippen LogP contribution in [0.25, 0.3) is 0 Å². The van der Waals surface area contributed by atoms with Gasteiger partial charge in [-0.15, -0.1) is 0 Å². The van der Waals surface area contributed by atoms with Crippen molar-refractivity contribution in [3.63, 3.8) is 0 Å². The molecule has 0 unspecified atom stereocenters. The predicted molar refractivity (Wildman–Crippen MR) is 71.5 cm³/mol. The molecule has 0 atom stereocenters. The van der Waals surface area contributed by atoms with Crippen molar-refractivity contribution in [3.8, 4) is 17.4 Å². The Morgan fingerprint density at radius 2 is 1.78 bits per heavy atom. The van der Waals surface area contributed by atoms with Crippen LogP contribution in [0.4, 0.5) is 0 Å². The Morgan fingerprint density at radius 3 is 2.39 bits per heavy atom. The Balaban J connectivity index is 1.99. The summed E-state index contributed by atoms with van der Waals surface area (Å²) in [4.78, 5) is 4.06. The van der Waals surface area contributed by atoms with E-state index in [4.69, 9.17) is 21.1 Å². The second-order valence-corrected chi connectivity index (χ2v) is 4.17. The van der Waals surface area contributed by atoms with Crippen molar-refractivity contribution in [1.29, 1.82) is 0 Å². The van der Waals surface area contributed by atoms with E-state index in [2.05, 4.69) is 11.9 Å². The first-order chi connectivity index (χ1) is 8.78. The van der Waals surface area contributed by atoms with E-state index in [1.165, 1.54) is 0 Å². The van der Waals surface area contributed by atoms with E-state index in [0.29, 0.717) is 16.7 Å². The lowest BCUT2D eigenvalue weighted by molar-refractivity contribution is 0.317. The molecule has 0 aliphatic rings. The molecule has 0 fully saturated rings. The number of aromatic nitrogens is 1. The van der Waals surface area contributed by atoms with Gasteiger partial charge in [-0.25, -0.2) is 4.98 Å². The molecule has 94 valence electrons. The number of halogens is 1. The third kappa shape index (κ3) is 3.64. The smallest absolute Gasteiger partial charge is 0.219 e. The maximum atomic E-state index is 5.75. The average molecular weight is 264 g/mol. The molecule has 0 aliphatic carbocycles. The van der Waals surface area contributed by atoms with Crippen molar-refractivity contribution in [2.45, 2.75) is 13.3 Å². The summed E-state index contributed by atoms with van der Waals surface area (Å²) in [6, 6.07) is 10.9. The fourth-order valence-corrected chi connectivity index (χ4v) is 1.48. The molecule has 18 heavy (non-hydrogen) atoms. The van der Waals surface area contributed by atoms with Crippen LogP contribution in [0.2, 0.25) is 5.02 Å². The Labute approximate surface area is 111 Å². The van der Waals surface area contributed by atoms with E-state index >= 15 is 0 Å². The summed E-state index contributed by atoms with van der Waals surface area (Å²) in [5.41, 5.74) is 0. The molecule has 0 bridgehead atoms. The lowest BCUT2D eigenvalue weighted by atomic mass is 10.3. The molecule has 4 heteroatoms. The molecule has 1 aromatic carbocycles. The highest BCUT2D eigenvalue weighted by Crippen LogP contribution is 2.23. The first-order valence-electron chi connectivity index (χ1n) is 5.80. The van der Waals surface area contributed by atoms with Crippen LogP contribution in [0.1, 0.15) is 13.3 Å². The van der Waals surface area contributed by atoms with E-state index in [-0.39, 0.29) is 0 Å². The number of hydrogen-bond donors (Lipinski definition) is 0. The lowest BCUT2D eigenvalue weighted by Gasteiger charge is -2.07. The van der Waals surface area contributed by atoms with Crippen molar-refractivity contribution in [2.24, 2.45) is 0 Å². The minimum atomic E-state index is 0.515. The van der Waals surface area contributed by atoms with E-state index in [1.54, 1.807) is 18.3 Å². The van der Waals surface area contributed by atoms with Gasteiger partial charge in [0.2, 0.25) is 5.88 Å². The summed E-state index contributed by atoms with van der Waals surface area (Å²) in [7, 11) is 0. The third-order valence-corrected chi connectivity index (χ3v) is 2.44. The standard InChI is InChI=1S/C14H14ClNO2/c1-2-9-17-12-4-6-13(7-5-12)18-14-8-3-11(15)10-16-14/h3-8,10H,2,9H2,1H3. The minimum absolute atomic E-state index is 0.515. The van der Waals surface area contributed by atoms with Gasteiger partial charge in [-0.05, 0) is 36.8 Å². The van der Waals surface area contributed by atoms with Gasteiger partial charge in [-0.2, -0.15) is 0 Å². The van der Waals surface area contributed by atoms with Crippen LogP contribution in [0.3, 0.4) is 0 Å². The van der Waals surface area contributed by atoms with Crippen LogP contribution < -0.4 is 9.47 Å². The molecule has 0 aliphatic heterocycles. The molecule has 0 N–H and O–H groups in total. The number of pyridine rings is 1. The Morgan fingerprint density at radius 1 is 1.06 bits per heavy atom. The van der Waals surface area contributed by atoms with Crippen LogP contribution >= 0.6 is 11.6 Å². The molecule has 0 saturated carbocycles. The number of nitrogens with zero attached hydrogens (tertiary/aromatic N) is 1. The van der Waals surface area contributed by atoms with E-state index in [1.807, 2.05) is 24.3 Å². The van der Waals surface area contributed by atoms with Crippen LogP contribution in [-0.2, 0) is 0 Å². The normalized spacial score (nSPS) is 10.1. The first kappa shape index (κ1) is 12.7.